The van der Waals surface area contributed by atoms with Gasteiger partial charge in [0.05, 0.1) is 0 Å². The first-order valence-corrected chi connectivity index (χ1v) is 7.40. The highest BCUT2D eigenvalue weighted by atomic mass is 19.1. The van der Waals surface area contributed by atoms with Crippen molar-refractivity contribution in [2.75, 3.05) is 6.54 Å². The van der Waals surface area contributed by atoms with Crippen molar-refractivity contribution in [1.82, 2.24) is 15.5 Å². The smallest absolute Gasteiger partial charge is 0.227 e. The molecular weight excluding hydrogens is 285 g/mol. The van der Waals surface area contributed by atoms with Crippen molar-refractivity contribution >= 4 is 5.91 Å². The molecular formula is C16H20FN3O2. The number of nitrogens with one attached hydrogen (secondary N) is 1. The first-order valence-electron chi connectivity index (χ1n) is 7.40. The molecule has 0 aliphatic carbocycles. The minimum absolute atomic E-state index is 0.0360. The van der Waals surface area contributed by atoms with Gasteiger partial charge in [-0.15, -0.1) is 0 Å². The van der Waals surface area contributed by atoms with Crippen molar-refractivity contribution in [1.29, 1.82) is 0 Å². The highest BCUT2D eigenvalue weighted by Gasteiger charge is 2.11. The third-order valence-electron chi connectivity index (χ3n) is 3.16. The Hall–Kier alpha value is -2.24. The lowest BCUT2D eigenvalue weighted by molar-refractivity contribution is -0.121. The molecule has 6 heteroatoms. The number of carbonyl (C=O) groups is 1. The molecule has 0 spiro atoms. The van der Waals surface area contributed by atoms with Crippen LogP contribution >= 0.6 is 0 Å². The van der Waals surface area contributed by atoms with Gasteiger partial charge in [-0.05, 0) is 24.5 Å². The predicted octanol–water partition coefficient (Wildman–Crippen LogP) is 2.97. The standard InChI is InChI=1S/C16H20FN3O2/c1-11(2)8-9-18-14(21)6-7-15-19-16(20-22-15)12-4-3-5-13(17)10-12/h3-5,10-11H,6-9H2,1-2H3,(H,18,21). The first-order chi connectivity index (χ1) is 10.5. The second-order valence-electron chi connectivity index (χ2n) is 5.55. The monoisotopic (exact) mass is 305 g/mol. The molecule has 1 aromatic heterocycles. The first kappa shape index (κ1) is 16.1. The molecule has 2 rings (SSSR count). The molecule has 0 atom stereocenters. The zero-order chi connectivity index (χ0) is 15.9. The van der Waals surface area contributed by atoms with Crippen molar-refractivity contribution < 1.29 is 13.7 Å². The lowest BCUT2D eigenvalue weighted by Crippen LogP contribution is -2.25. The number of aromatic nitrogens is 2. The maximum absolute atomic E-state index is 13.1. The van der Waals surface area contributed by atoms with Crippen molar-refractivity contribution in [3.05, 3.63) is 36.0 Å². The Bertz CT molecular complexity index is 625. The Labute approximate surface area is 128 Å². The van der Waals surface area contributed by atoms with E-state index >= 15 is 0 Å². The number of hydrogen-bond donors (Lipinski definition) is 1. The predicted molar refractivity (Wildman–Crippen MR) is 80.5 cm³/mol. The summed E-state index contributed by atoms with van der Waals surface area (Å²) in [6.45, 7) is 4.89. The summed E-state index contributed by atoms with van der Waals surface area (Å²) in [5, 5.41) is 6.66. The fraction of sp³-hybridized carbons (Fsp3) is 0.438. The van der Waals surface area contributed by atoms with Crippen LogP contribution in [0.15, 0.2) is 28.8 Å². The normalized spacial score (nSPS) is 10.9. The molecule has 0 aliphatic rings. The van der Waals surface area contributed by atoms with Crippen LogP contribution in [0.4, 0.5) is 4.39 Å². The Balaban J connectivity index is 1.83. The highest BCUT2D eigenvalue weighted by molar-refractivity contribution is 5.75. The Morgan fingerprint density at radius 1 is 1.41 bits per heavy atom. The summed E-state index contributed by atoms with van der Waals surface area (Å²) < 4.78 is 18.2. The third kappa shape index (κ3) is 4.95. The number of nitrogens with zero attached hydrogens (tertiary/aromatic N) is 2. The van der Waals surface area contributed by atoms with Gasteiger partial charge in [-0.1, -0.05) is 31.1 Å². The minimum Gasteiger partial charge on any atom is -0.356 e. The van der Waals surface area contributed by atoms with E-state index in [0.29, 0.717) is 42.6 Å². The van der Waals surface area contributed by atoms with E-state index in [1.54, 1.807) is 12.1 Å². The van der Waals surface area contributed by atoms with E-state index in [0.717, 1.165) is 6.42 Å². The third-order valence-corrected chi connectivity index (χ3v) is 3.16. The van der Waals surface area contributed by atoms with Gasteiger partial charge < -0.3 is 9.84 Å². The average molecular weight is 305 g/mol. The molecule has 0 bridgehead atoms. The molecule has 2 aromatic rings. The number of benzene rings is 1. The van der Waals surface area contributed by atoms with E-state index in [1.807, 2.05) is 0 Å². The van der Waals surface area contributed by atoms with E-state index in [4.69, 9.17) is 4.52 Å². The maximum Gasteiger partial charge on any atom is 0.227 e. The maximum atomic E-state index is 13.1. The SMILES string of the molecule is CC(C)CCNC(=O)CCc1nc(-c2cccc(F)c2)no1. The Kier molecular flexibility index (Phi) is 5.63. The molecule has 0 unspecified atom stereocenters. The molecule has 1 aromatic carbocycles. The molecule has 1 amide bonds. The van der Waals surface area contributed by atoms with Gasteiger partial charge in [0, 0.05) is 24.9 Å². The van der Waals surface area contributed by atoms with Gasteiger partial charge in [0.15, 0.2) is 0 Å². The molecule has 0 fully saturated rings. The molecule has 0 aliphatic heterocycles. The van der Waals surface area contributed by atoms with E-state index in [-0.39, 0.29) is 11.7 Å². The summed E-state index contributed by atoms with van der Waals surface area (Å²) in [5.41, 5.74) is 0.552. The minimum atomic E-state index is -0.353. The largest absolute Gasteiger partial charge is 0.356 e. The van der Waals surface area contributed by atoms with Gasteiger partial charge in [0.1, 0.15) is 5.82 Å². The Morgan fingerprint density at radius 3 is 2.95 bits per heavy atom. The number of halogens is 1. The molecule has 1 heterocycles. The quantitative estimate of drug-likeness (QED) is 0.854. The topological polar surface area (TPSA) is 68.0 Å². The lowest BCUT2D eigenvalue weighted by Gasteiger charge is -2.05. The molecule has 1 N–H and O–H groups in total. The summed E-state index contributed by atoms with van der Waals surface area (Å²) in [6.07, 6.45) is 1.62. The summed E-state index contributed by atoms with van der Waals surface area (Å²) in [4.78, 5) is 15.8. The number of hydrogen-bond acceptors (Lipinski definition) is 4. The Morgan fingerprint density at radius 2 is 2.23 bits per heavy atom. The van der Waals surface area contributed by atoms with Gasteiger partial charge in [0.2, 0.25) is 17.6 Å². The fourth-order valence-corrected chi connectivity index (χ4v) is 1.91. The van der Waals surface area contributed by atoms with Crippen LogP contribution in [0.5, 0.6) is 0 Å². The number of carbonyl (C=O) groups excluding carboxylic acids is 1. The fourth-order valence-electron chi connectivity index (χ4n) is 1.91. The van der Waals surface area contributed by atoms with Gasteiger partial charge in [-0.3, -0.25) is 4.79 Å². The summed E-state index contributed by atoms with van der Waals surface area (Å²) >= 11 is 0. The van der Waals surface area contributed by atoms with Crippen molar-refractivity contribution in [3.63, 3.8) is 0 Å². The summed E-state index contributed by atoms with van der Waals surface area (Å²) in [5.74, 6) is 0.873. The van der Waals surface area contributed by atoms with E-state index in [1.165, 1.54) is 12.1 Å². The van der Waals surface area contributed by atoms with Crippen LogP contribution in [0.25, 0.3) is 11.4 Å². The average Bonchev–Trinajstić information content (AvgIpc) is 2.93. The number of aryl methyl sites for hydroxylation is 1. The van der Waals surface area contributed by atoms with Gasteiger partial charge in [0.25, 0.3) is 0 Å². The lowest BCUT2D eigenvalue weighted by atomic mass is 10.1. The van der Waals surface area contributed by atoms with Crippen LogP contribution in [-0.4, -0.2) is 22.6 Å². The van der Waals surface area contributed by atoms with Crippen LogP contribution in [0.2, 0.25) is 0 Å². The summed E-state index contributed by atoms with van der Waals surface area (Å²) in [7, 11) is 0. The van der Waals surface area contributed by atoms with Crippen molar-refractivity contribution in [3.8, 4) is 11.4 Å². The van der Waals surface area contributed by atoms with Gasteiger partial charge >= 0.3 is 0 Å². The molecule has 0 saturated heterocycles. The molecule has 5 nitrogen and oxygen atoms in total. The van der Waals surface area contributed by atoms with Gasteiger partial charge in [-0.2, -0.15) is 4.98 Å². The second kappa shape index (κ2) is 7.68. The van der Waals surface area contributed by atoms with E-state index < -0.39 is 0 Å². The zero-order valence-corrected chi connectivity index (χ0v) is 12.8. The van der Waals surface area contributed by atoms with Crippen LogP contribution < -0.4 is 5.32 Å². The van der Waals surface area contributed by atoms with E-state index in [9.17, 15) is 9.18 Å². The number of rotatable bonds is 7. The van der Waals surface area contributed by atoms with Crippen molar-refractivity contribution in [2.45, 2.75) is 33.1 Å². The molecule has 118 valence electrons. The van der Waals surface area contributed by atoms with E-state index in [2.05, 4.69) is 29.3 Å². The summed E-state index contributed by atoms with van der Waals surface area (Å²) in [6, 6.07) is 5.98. The number of amides is 1. The second-order valence-corrected chi connectivity index (χ2v) is 5.55. The van der Waals surface area contributed by atoms with Gasteiger partial charge in [-0.25, -0.2) is 4.39 Å². The molecule has 0 saturated carbocycles. The van der Waals surface area contributed by atoms with Crippen LogP contribution in [0.1, 0.15) is 32.6 Å². The molecule has 0 radical (unpaired) electrons. The van der Waals surface area contributed by atoms with Crippen LogP contribution in [0, 0.1) is 11.7 Å². The highest BCUT2D eigenvalue weighted by Crippen LogP contribution is 2.17. The van der Waals surface area contributed by atoms with Crippen LogP contribution in [-0.2, 0) is 11.2 Å². The molecule has 22 heavy (non-hydrogen) atoms. The van der Waals surface area contributed by atoms with Crippen molar-refractivity contribution in [2.24, 2.45) is 5.92 Å². The van der Waals surface area contributed by atoms with Crippen LogP contribution in [0.3, 0.4) is 0 Å². The zero-order valence-electron chi connectivity index (χ0n) is 12.8.